The van der Waals surface area contributed by atoms with Gasteiger partial charge in [-0.3, -0.25) is 9.59 Å². The zero-order valence-corrected chi connectivity index (χ0v) is 13.1. The third kappa shape index (κ3) is 6.40. The van der Waals surface area contributed by atoms with E-state index in [-0.39, 0.29) is 18.2 Å². The Labute approximate surface area is 122 Å². The van der Waals surface area contributed by atoms with Gasteiger partial charge in [0.25, 0.3) is 0 Å². The Morgan fingerprint density at radius 3 is 2.40 bits per heavy atom. The molecule has 1 atom stereocenters. The van der Waals surface area contributed by atoms with Crippen molar-refractivity contribution < 1.29 is 14.7 Å². The Morgan fingerprint density at radius 1 is 1.25 bits per heavy atom. The van der Waals surface area contributed by atoms with Gasteiger partial charge in [-0.15, -0.1) is 0 Å². The van der Waals surface area contributed by atoms with Crippen LogP contribution in [0.15, 0.2) is 0 Å². The second kappa shape index (κ2) is 7.65. The molecule has 1 aliphatic rings. The maximum atomic E-state index is 12.2. The summed E-state index contributed by atoms with van der Waals surface area (Å²) >= 11 is 0. The highest BCUT2D eigenvalue weighted by Gasteiger charge is 2.26. The van der Waals surface area contributed by atoms with E-state index < -0.39 is 11.5 Å². The Bertz CT molecular complexity index is 333. The standard InChI is InChI=1S/C16H29NO3/c1-12(11-13-7-5-4-6-8-13)15(20)17-16(2,3)10-9-14(18)19/h12-13H,4-11H2,1-3H3,(H,17,20)(H,18,19). The van der Waals surface area contributed by atoms with E-state index in [1.807, 2.05) is 20.8 Å². The van der Waals surface area contributed by atoms with Crippen LogP contribution in [0.2, 0.25) is 0 Å². The predicted octanol–water partition coefficient (Wildman–Crippen LogP) is 3.35. The molecule has 0 aliphatic heterocycles. The zero-order valence-electron chi connectivity index (χ0n) is 13.1. The molecule has 1 saturated carbocycles. The quantitative estimate of drug-likeness (QED) is 0.753. The minimum atomic E-state index is -0.817. The van der Waals surface area contributed by atoms with Crippen molar-refractivity contribution in [1.29, 1.82) is 0 Å². The van der Waals surface area contributed by atoms with Crippen LogP contribution in [0.4, 0.5) is 0 Å². The summed E-state index contributed by atoms with van der Waals surface area (Å²) in [6.07, 6.45) is 7.93. The summed E-state index contributed by atoms with van der Waals surface area (Å²) in [4.78, 5) is 22.8. The van der Waals surface area contributed by atoms with Crippen LogP contribution in [0.3, 0.4) is 0 Å². The van der Waals surface area contributed by atoms with Gasteiger partial charge < -0.3 is 10.4 Å². The predicted molar refractivity (Wildman–Crippen MR) is 79.4 cm³/mol. The van der Waals surface area contributed by atoms with E-state index >= 15 is 0 Å². The Morgan fingerprint density at radius 2 is 1.85 bits per heavy atom. The van der Waals surface area contributed by atoms with E-state index in [1.54, 1.807) is 0 Å². The maximum absolute atomic E-state index is 12.2. The molecule has 1 rings (SSSR count). The van der Waals surface area contributed by atoms with Crippen molar-refractivity contribution in [3.05, 3.63) is 0 Å². The van der Waals surface area contributed by atoms with E-state index in [0.717, 1.165) is 6.42 Å². The molecule has 1 fully saturated rings. The summed E-state index contributed by atoms with van der Waals surface area (Å²) < 4.78 is 0. The summed E-state index contributed by atoms with van der Waals surface area (Å²) in [5.41, 5.74) is -0.448. The van der Waals surface area contributed by atoms with Gasteiger partial charge in [0.15, 0.2) is 0 Å². The molecular weight excluding hydrogens is 254 g/mol. The first kappa shape index (κ1) is 17.0. The van der Waals surface area contributed by atoms with Crippen LogP contribution in [-0.2, 0) is 9.59 Å². The van der Waals surface area contributed by atoms with Gasteiger partial charge in [0.1, 0.15) is 0 Å². The van der Waals surface area contributed by atoms with Gasteiger partial charge in [-0.25, -0.2) is 0 Å². The summed E-state index contributed by atoms with van der Waals surface area (Å²) in [7, 11) is 0. The van der Waals surface area contributed by atoms with Gasteiger partial charge in [0.05, 0.1) is 0 Å². The fourth-order valence-electron chi connectivity index (χ4n) is 2.97. The van der Waals surface area contributed by atoms with Gasteiger partial charge in [0, 0.05) is 17.9 Å². The SMILES string of the molecule is CC(CC1CCCCC1)C(=O)NC(C)(C)CCC(=O)O. The molecule has 2 N–H and O–H groups in total. The first-order valence-corrected chi connectivity index (χ1v) is 7.84. The molecule has 0 radical (unpaired) electrons. The number of carboxylic acids is 1. The van der Waals surface area contributed by atoms with E-state index in [0.29, 0.717) is 12.3 Å². The van der Waals surface area contributed by atoms with E-state index in [9.17, 15) is 9.59 Å². The average Bonchev–Trinajstić information content (AvgIpc) is 2.37. The maximum Gasteiger partial charge on any atom is 0.303 e. The van der Waals surface area contributed by atoms with Crippen LogP contribution in [0.5, 0.6) is 0 Å². The fraction of sp³-hybridized carbons (Fsp3) is 0.875. The first-order chi connectivity index (χ1) is 9.30. The van der Waals surface area contributed by atoms with Crippen LogP contribution in [0.1, 0.15) is 72.1 Å². The summed E-state index contributed by atoms with van der Waals surface area (Å²) in [5, 5.41) is 11.7. The van der Waals surface area contributed by atoms with Gasteiger partial charge in [-0.1, -0.05) is 39.0 Å². The molecule has 20 heavy (non-hydrogen) atoms. The van der Waals surface area contributed by atoms with E-state index in [4.69, 9.17) is 5.11 Å². The number of amides is 1. The van der Waals surface area contributed by atoms with Gasteiger partial charge >= 0.3 is 5.97 Å². The molecule has 1 unspecified atom stereocenters. The second-order valence-corrected chi connectivity index (χ2v) is 6.91. The minimum absolute atomic E-state index is 0.0159. The van der Waals surface area contributed by atoms with E-state index in [2.05, 4.69) is 5.32 Å². The van der Waals surface area contributed by atoms with Crippen LogP contribution < -0.4 is 5.32 Å². The molecule has 0 heterocycles. The van der Waals surface area contributed by atoms with Gasteiger partial charge in [0.2, 0.25) is 5.91 Å². The number of nitrogens with one attached hydrogen (secondary N) is 1. The van der Waals surface area contributed by atoms with E-state index in [1.165, 1.54) is 32.1 Å². The summed E-state index contributed by atoms with van der Waals surface area (Å²) in [6.45, 7) is 5.76. The number of carbonyl (C=O) groups excluding carboxylic acids is 1. The Balaban J connectivity index is 2.37. The van der Waals surface area contributed by atoms with Crippen LogP contribution in [-0.4, -0.2) is 22.5 Å². The molecule has 1 aliphatic carbocycles. The number of carbonyl (C=O) groups is 2. The third-order valence-electron chi connectivity index (χ3n) is 4.28. The molecule has 0 aromatic heterocycles. The number of hydrogen-bond acceptors (Lipinski definition) is 2. The lowest BCUT2D eigenvalue weighted by Crippen LogP contribution is -2.46. The van der Waals surface area contributed by atoms with Crippen LogP contribution in [0.25, 0.3) is 0 Å². The molecular formula is C16H29NO3. The first-order valence-electron chi connectivity index (χ1n) is 7.84. The molecule has 0 bridgehead atoms. The summed E-state index contributed by atoms with van der Waals surface area (Å²) in [5.74, 6) is -0.0534. The lowest BCUT2D eigenvalue weighted by atomic mass is 9.83. The molecule has 1 amide bonds. The number of carboxylic acid groups (broad SMARTS) is 1. The van der Waals surface area contributed by atoms with Gasteiger partial charge in [-0.05, 0) is 32.6 Å². The van der Waals surface area contributed by atoms with Crippen molar-refractivity contribution in [1.82, 2.24) is 5.32 Å². The molecule has 0 spiro atoms. The third-order valence-corrected chi connectivity index (χ3v) is 4.28. The number of aliphatic carboxylic acids is 1. The smallest absolute Gasteiger partial charge is 0.303 e. The average molecular weight is 283 g/mol. The minimum Gasteiger partial charge on any atom is -0.481 e. The largest absolute Gasteiger partial charge is 0.481 e. The Kier molecular flexibility index (Phi) is 6.50. The molecule has 0 aromatic rings. The molecule has 0 aromatic carbocycles. The van der Waals surface area contributed by atoms with Crippen molar-refractivity contribution in [2.75, 3.05) is 0 Å². The topological polar surface area (TPSA) is 66.4 Å². The van der Waals surface area contributed by atoms with Crippen molar-refractivity contribution >= 4 is 11.9 Å². The molecule has 0 saturated heterocycles. The normalized spacial score (nSPS) is 18.6. The number of rotatable bonds is 7. The summed E-state index contributed by atoms with van der Waals surface area (Å²) in [6, 6.07) is 0. The lowest BCUT2D eigenvalue weighted by molar-refractivity contribution is -0.138. The highest BCUT2D eigenvalue weighted by Crippen LogP contribution is 2.29. The fourth-order valence-corrected chi connectivity index (χ4v) is 2.97. The highest BCUT2D eigenvalue weighted by molar-refractivity contribution is 5.79. The van der Waals surface area contributed by atoms with Crippen LogP contribution >= 0.6 is 0 Å². The van der Waals surface area contributed by atoms with Crippen molar-refractivity contribution in [3.63, 3.8) is 0 Å². The molecule has 4 heteroatoms. The van der Waals surface area contributed by atoms with Crippen molar-refractivity contribution in [2.24, 2.45) is 11.8 Å². The zero-order chi connectivity index (χ0) is 15.2. The molecule has 4 nitrogen and oxygen atoms in total. The van der Waals surface area contributed by atoms with Crippen molar-refractivity contribution in [3.8, 4) is 0 Å². The van der Waals surface area contributed by atoms with Crippen LogP contribution in [0, 0.1) is 11.8 Å². The lowest BCUT2D eigenvalue weighted by Gasteiger charge is -2.29. The number of hydrogen-bond donors (Lipinski definition) is 2. The highest BCUT2D eigenvalue weighted by atomic mass is 16.4. The Hall–Kier alpha value is -1.06. The monoisotopic (exact) mass is 283 g/mol. The van der Waals surface area contributed by atoms with Crippen molar-refractivity contribution in [2.45, 2.75) is 77.7 Å². The second-order valence-electron chi connectivity index (χ2n) is 6.91. The molecule has 116 valence electrons. The van der Waals surface area contributed by atoms with Gasteiger partial charge in [-0.2, -0.15) is 0 Å².